The third-order valence-corrected chi connectivity index (χ3v) is 3.94. The normalized spacial score (nSPS) is 16.8. The number of fused-ring (bicyclic) bond motifs is 1. The average molecular weight is 326 g/mol. The van der Waals surface area contributed by atoms with Crippen molar-refractivity contribution in [2.75, 3.05) is 6.61 Å². The minimum atomic E-state index is -0.0367. The van der Waals surface area contributed by atoms with Gasteiger partial charge in [-0.15, -0.1) is 0 Å². The first-order chi connectivity index (χ1) is 11.7. The van der Waals surface area contributed by atoms with Crippen LogP contribution in [0.2, 0.25) is 0 Å². The van der Waals surface area contributed by atoms with Crippen LogP contribution in [0.4, 0.5) is 0 Å². The highest BCUT2D eigenvalue weighted by molar-refractivity contribution is 5.47. The van der Waals surface area contributed by atoms with E-state index in [0.717, 1.165) is 17.0 Å². The average Bonchev–Trinajstić information content (AvgIpc) is 3.21. The van der Waals surface area contributed by atoms with E-state index in [9.17, 15) is 0 Å². The summed E-state index contributed by atoms with van der Waals surface area (Å²) in [6.45, 7) is 5.57. The number of benzene rings is 1. The van der Waals surface area contributed by atoms with Gasteiger partial charge in [0.25, 0.3) is 5.89 Å². The van der Waals surface area contributed by atoms with Crippen LogP contribution in [0.3, 0.4) is 0 Å². The summed E-state index contributed by atoms with van der Waals surface area (Å²) in [5.74, 6) is 1.90. The molecule has 3 heterocycles. The molecule has 0 radical (unpaired) electrons. The summed E-state index contributed by atoms with van der Waals surface area (Å²) in [7, 11) is 0. The Kier molecular flexibility index (Phi) is 3.78. The van der Waals surface area contributed by atoms with Crippen LogP contribution in [0.25, 0.3) is 11.6 Å². The molecule has 1 aromatic carbocycles. The van der Waals surface area contributed by atoms with Crippen molar-refractivity contribution in [3.63, 3.8) is 0 Å². The lowest BCUT2D eigenvalue weighted by Gasteiger charge is -2.24. The molecular formula is C17H18N4O3. The van der Waals surface area contributed by atoms with E-state index >= 15 is 0 Å². The summed E-state index contributed by atoms with van der Waals surface area (Å²) >= 11 is 0. The molecular weight excluding hydrogens is 308 g/mol. The van der Waals surface area contributed by atoms with E-state index in [4.69, 9.17) is 14.0 Å². The second kappa shape index (κ2) is 6.09. The summed E-state index contributed by atoms with van der Waals surface area (Å²) in [6, 6.07) is 9.93. The minimum absolute atomic E-state index is 0.0367. The zero-order valence-electron chi connectivity index (χ0n) is 13.6. The smallest absolute Gasteiger partial charge is 0.278 e. The Morgan fingerprint density at radius 2 is 2.12 bits per heavy atom. The third-order valence-electron chi connectivity index (χ3n) is 3.94. The van der Waals surface area contributed by atoms with Crippen molar-refractivity contribution >= 4 is 0 Å². The molecule has 1 aliphatic rings. The molecule has 0 N–H and O–H groups in total. The van der Waals surface area contributed by atoms with Gasteiger partial charge in [-0.25, -0.2) is 0 Å². The summed E-state index contributed by atoms with van der Waals surface area (Å²) in [6.07, 6.45) is -0.0367. The molecule has 1 atom stereocenters. The number of aryl methyl sites for hydroxylation is 1. The first-order valence-corrected chi connectivity index (χ1v) is 7.94. The van der Waals surface area contributed by atoms with E-state index in [1.165, 1.54) is 0 Å². The Balaban J connectivity index is 1.54. The van der Waals surface area contributed by atoms with E-state index in [2.05, 4.69) is 15.2 Å². The lowest BCUT2D eigenvalue weighted by atomic mass is 10.1. The largest absolute Gasteiger partial charge is 0.494 e. The zero-order valence-corrected chi connectivity index (χ0v) is 13.6. The van der Waals surface area contributed by atoms with Crippen LogP contribution >= 0.6 is 0 Å². The highest BCUT2D eigenvalue weighted by Gasteiger charge is 2.24. The van der Waals surface area contributed by atoms with E-state index in [-0.39, 0.29) is 6.10 Å². The Hall–Kier alpha value is -2.67. The predicted molar refractivity (Wildman–Crippen MR) is 85.4 cm³/mol. The van der Waals surface area contributed by atoms with Crippen molar-refractivity contribution in [2.45, 2.75) is 33.1 Å². The van der Waals surface area contributed by atoms with Crippen molar-refractivity contribution in [1.29, 1.82) is 0 Å². The first kappa shape index (κ1) is 14.9. The Morgan fingerprint density at radius 3 is 2.83 bits per heavy atom. The lowest BCUT2D eigenvalue weighted by Crippen LogP contribution is -2.21. The van der Waals surface area contributed by atoms with Gasteiger partial charge in [-0.3, -0.25) is 4.68 Å². The molecule has 0 saturated heterocycles. The van der Waals surface area contributed by atoms with Gasteiger partial charge in [0.1, 0.15) is 11.9 Å². The van der Waals surface area contributed by atoms with E-state index in [1.807, 2.05) is 41.9 Å². The first-order valence-electron chi connectivity index (χ1n) is 7.94. The van der Waals surface area contributed by atoms with Gasteiger partial charge in [-0.1, -0.05) is 17.3 Å². The number of hydrogen-bond donors (Lipinski definition) is 0. The number of rotatable bonds is 4. The van der Waals surface area contributed by atoms with Gasteiger partial charge in [0.15, 0.2) is 11.5 Å². The maximum Gasteiger partial charge on any atom is 0.278 e. The van der Waals surface area contributed by atoms with Gasteiger partial charge >= 0.3 is 0 Å². The molecule has 24 heavy (non-hydrogen) atoms. The van der Waals surface area contributed by atoms with E-state index in [0.29, 0.717) is 37.2 Å². The van der Waals surface area contributed by atoms with Crippen molar-refractivity contribution in [3.8, 4) is 17.3 Å². The highest BCUT2D eigenvalue weighted by atomic mass is 16.5. The van der Waals surface area contributed by atoms with Gasteiger partial charge in [0, 0.05) is 0 Å². The van der Waals surface area contributed by atoms with Crippen LogP contribution in [0, 0.1) is 6.92 Å². The molecule has 7 nitrogen and oxygen atoms in total. The van der Waals surface area contributed by atoms with Crippen molar-refractivity contribution in [3.05, 3.63) is 47.4 Å². The summed E-state index contributed by atoms with van der Waals surface area (Å²) in [5.41, 5.74) is 2.79. The van der Waals surface area contributed by atoms with E-state index in [1.54, 1.807) is 6.92 Å². The fourth-order valence-corrected chi connectivity index (χ4v) is 2.78. The van der Waals surface area contributed by atoms with Crippen LogP contribution in [-0.2, 0) is 17.9 Å². The number of hydrogen-bond acceptors (Lipinski definition) is 6. The fraction of sp³-hybridized carbons (Fsp3) is 0.353. The molecule has 0 unspecified atom stereocenters. The summed E-state index contributed by atoms with van der Waals surface area (Å²) in [4.78, 5) is 4.22. The van der Waals surface area contributed by atoms with Crippen molar-refractivity contribution in [2.24, 2.45) is 0 Å². The number of ether oxygens (including phenoxy) is 2. The van der Waals surface area contributed by atoms with Gasteiger partial charge in [0.05, 0.1) is 25.5 Å². The molecule has 0 bridgehead atoms. The van der Waals surface area contributed by atoms with Crippen LogP contribution in [0.15, 0.2) is 34.9 Å². The molecule has 0 aliphatic carbocycles. The zero-order chi connectivity index (χ0) is 16.5. The molecule has 0 fully saturated rings. The lowest BCUT2D eigenvalue weighted by molar-refractivity contribution is -0.00115. The van der Waals surface area contributed by atoms with Crippen LogP contribution in [-0.4, -0.2) is 26.5 Å². The predicted octanol–water partition coefficient (Wildman–Crippen LogP) is 2.91. The molecule has 0 amide bonds. The third kappa shape index (κ3) is 2.78. The maximum absolute atomic E-state index is 5.98. The Bertz CT molecular complexity index is 838. The molecule has 0 saturated carbocycles. The highest BCUT2D eigenvalue weighted by Crippen LogP contribution is 2.29. The Labute approximate surface area is 139 Å². The Morgan fingerprint density at radius 1 is 1.29 bits per heavy atom. The minimum Gasteiger partial charge on any atom is -0.494 e. The van der Waals surface area contributed by atoms with Crippen LogP contribution in [0.1, 0.15) is 30.1 Å². The molecule has 124 valence electrons. The molecule has 2 aromatic heterocycles. The maximum atomic E-state index is 5.98. The summed E-state index contributed by atoms with van der Waals surface area (Å²) in [5, 5.41) is 8.38. The molecule has 7 heteroatoms. The standard InChI is InChI=1S/C17H18N4O3/c1-3-22-14-6-4-12(5-7-14)16-9-21-13(10-23-16)8-15(19-21)17-18-11(2)20-24-17/h4-8,16H,3,9-10H2,1-2H3/t16-/m0/s1. The van der Waals surface area contributed by atoms with Gasteiger partial charge in [0.2, 0.25) is 0 Å². The second-order valence-electron chi connectivity index (χ2n) is 5.65. The fourth-order valence-electron chi connectivity index (χ4n) is 2.78. The number of aromatic nitrogens is 4. The monoisotopic (exact) mass is 326 g/mol. The topological polar surface area (TPSA) is 75.2 Å². The van der Waals surface area contributed by atoms with Crippen LogP contribution in [0.5, 0.6) is 5.75 Å². The van der Waals surface area contributed by atoms with Crippen molar-refractivity contribution in [1.82, 2.24) is 19.9 Å². The summed E-state index contributed by atoms with van der Waals surface area (Å²) < 4.78 is 18.6. The van der Waals surface area contributed by atoms with Crippen molar-refractivity contribution < 1.29 is 14.0 Å². The molecule has 0 spiro atoms. The molecule has 4 rings (SSSR count). The quantitative estimate of drug-likeness (QED) is 0.734. The van der Waals surface area contributed by atoms with Gasteiger partial charge in [-0.05, 0) is 37.6 Å². The van der Waals surface area contributed by atoms with E-state index < -0.39 is 0 Å². The second-order valence-corrected chi connectivity index (χ2v) is 5.65. The van der Waals surface area contributed by atoms with Gasteiger partial charge in [-0.2, -0.15) is 10.1 Å². The van der Waals surface area contributed by atoms with Gasteiger partial charge < -0.3 is 14.0 Å². The van der Waals surface area contributed by atoms with Crippen LogP contribution < -0.4 is 4.74 Å². The molecule has 3 aromatic rings. The molecule has 1 aliphatic heterocycles. The SMILES string of the molecule is CCOc1ccc([C@@H]2Cn3nc(-c4nc(C)no4)cc3CO2)cc1. The number of nitrogens with zero attached hydrogens (tertiary/aromatic N) is 4.